The van der Waals surface area contributed by atoms with Crippen molar-refractivity contribution in [3.05, 3.63) is 70.5 Å². The number of hydrogen-bond acceptors (Lipinski definition) is 6. The molecule has 0 saturated heterocycles. The van der Waals surface area contributed by atoms with Gasteiger partial charge in [0, 0.05) is 23.1 Å². The maximum atomic E-state index is 12.5. The average Bonchev–Trinajstić information content (AvgIpc) is 2.68. The van der Waals surface area contributed by atoms with Gasteiger partial charge in [0.25, 0.3) is 21.8 Å². The minimum Gasteiger partial charge on any atom is -0.478 e. The van der Waals surface area contributed by atoms with Crippen molar-refractivity contribution in [3.8, 4) is 5.88 Å². The molecule has 0 aliphatic heterocycles. The summed E-state index contributed by atoms with van der Waals surface area (Å²) in [6.07, 6.45) is 2.71. The van der Waals surface area contributed by atoms with Gasteiger partial charge in [0.05, 0.1) is 22.6 Å². The zero-order valence-electron chi connectivity index (χ0n) is 14.9. The van der Waals surface area contributed by atoms with Crippen molar-refractivity contribution in [2.24, 2.45) is 0 Å². The maximum Gasteiger partial charge on any atom is 0.263 e. The molecule has 0 spiro atoms. The third-order valence-corrected chi connectivity index (χ3v) is 5.59. The van der Waals surface area contributed by atoms with Crippen LogP contribution in [0.4, 0.5) is 11.5 Å². The summed E-state index contributed by atoms with van der Waals surface area (Å²) in [5.41, 5.74) is 0.626. The van der Waals surface area contributed by atoms with Crippen LogP contribution in [0.5, 0.6) is 5.88 Å². The first-order valence-electron chi connectivity index (χ1n) is 8.04. The van der Waals surface area contributed by atoms with Gasteiger partial charge in [-0.2, -0.15) is 0 Å². The van der Waals surface area contributed by atoms with Gasteiger partial charge in [-0.3, -0.25) is 9.52 Å². The van der Waals surface area contributed by atoms with E-state index in [2.05, 4.69) is 20.0 Å². The molecule has 0 atom stereocenters. The Morgan fingerprint density at radius 1 is 1.03 bits per heavy atom. The molecule has 3 aromatic rings. The molecule has 0 aliphatic rings. The van der Waals surface area contributed by atoms with E-state index in [1.54, 1.807) is 6.07 Å². The van der Waals surface area contributed by atoms with Gasteiger partial charge in [-0.05, 0) is 42.5 Å². The Labute approximate surface area is 176 Å². The van der Waals surface area contributed by atoms with Crippen LogP contribution in [-0.4, -0.2) is 31.4 Å². The van der Waals surface area contributed by atoms with E-state index < -0.39 is 15.9 Å². The summed E-state index contributed by atoms with van der Waals surface area (Å²) in [4.78, 5) is 20.1. The molecule has 0 fully saturated rings. The first kappa shape index (κ1) is 20.8. The Bertz CT molecular complexity index is 1150. The average molecular weight is 453 g/mol. The highest BCUT2D eigenvalue weighted by atomic mass is 35.5. The molecule has 0 radical (unpaired) electrons. The van der Waals surface area contributed by atoms with E-state index in [4.69, 9.17) is 27.9 Å². The van der Waals surface area contributed by atoms with Crippen molar-refractivity contribution in [2.45, 2.75) is 4.90 Å². The molecule has 0 unspecified atom stereocenters. The van der Waals surface area contributed by atoms with Gasteiger partial charge in [0.15, 0.2) is 0 Å². The Kier molecular flexibility index (Phi) is 6.21. The van der Waals surface area contributed by atoms with Gasteiger partial charge in [-0.25, -0.2) is 18.4 Å². The standard InChI is InChI=1S/C18H14Cl2N4O4S/c1-28-18-16(21-8-9-22-18)24-29(26,27)13-5-3-12(4-6-13)23-17(25)14-7-2-11(19)10-15(14)20/h2-10H,1H3,(H,21,24)(H,23,25). The molecule has 0 saturated carbocycles. The predicted octanol–water partition coefficient (Wildman–Crippen LogP) is 3.85. The number of sulfonamides is 1. The first-order chi connectivity index (χ1) is 13.8. The predicted molar refractivity (Wildman–Crippen MR) is 110 cm³/mol. The third kappa shape index (κ3) is 4.94. The topological polar surface area (TPSA) is 110 Å². The minimum atomic E-state index is -3.94. The first-order valence-corrected chi connectivity index (χ1v) is 10.3. The van der Waals surface area contributed by atoms with Gasteiger partial charge in [0.2, 0.25) is 5.82 Å². The maximum absolute atomic E-state index is 12.5. The molecule has 3 rings (SSSR count). The van der Waals surface area contributed by atoms with Gasteiger partial charge in [0.1, 0.15) is 0 Å². The van der Waals surface area contributed by atoms with Crippen LogP contribution >= 0.6 is 23.2 Å². The second kappa shape index (κ2) is 8.64. The number of nitrogens with one attached hydrogen (secondary N) is 2. The van der Waals surface area contributed by atoms with E-state index in [-0.39, 0.29) is 27.2 Å². The summed E-state index contributed by atoms with van der Waals surface area (Å²) < 4.78 is 32.4. The number of ether oxygens (including phenoxy) is 1. The molecule has 150 valence electrons. The van der Waals surface area contributed by atoms with Crippen molar-refractivity contribution in [3.63, 3.8) is 0 Å². The molecule has 1 aromatic heterocycles. The second-order valence-electron chi connectivity index (χ2n) is 5.62. The highest BCUT2D eigenvalue weighted by Crippen LogP contribution is 2.24. The summed E-state index contributed by atoms with van der Waals surface area (Å²) >= 11 is 11.8. The zero-order valence-corrected chi connectivity index (χ0v) is 17.2. The molecule has 0 bridgehead atoms. The van der Waals surface area contributed by atoms with Gasteiger partial charge >= 0.3 is 0 Å². The van der Waals surface area contributed by atoms with Crippen molar-refractivity contribution < 1.29 is 17.9 Å². The number of aromatic nitrogens is 2. The van der Waals surface area contributed by atoms with E-state index in [1.165, 1.54) is 55.9 Å². The van der Waals surface area contributed by atoms with Crippen molar-refractivity contribution >= 4 is 50.6 Å². The largest absolute Gasteiger partial charge is 0.478 e. The van der Waals surface area contributed by atoms with Gasteiger partial charge in [-0.1, -0.05) is 23.2 Å². The normalized spacial score (nSPS) is 11.0. The molecule has 11 heteroatoms. The molecule has 0 aliphatic carbocycles. The van der Waals surface area contributed by atoms with Crippen LogP contribution in [0.1, 0.15) is 10.4 Å². The lowest BCUT2D eigenvalue weighted by molar-refractivity contribution is 0.102. The molecule has 29 heavy (non-hydrogen) atoms. The minimum absolute atomic E-state index is 0.0345. The quantitative estimate of drug-likeness (QED) is 0.587. The summed E-state index contributed by atoms with van der Waals surface area (Å²) in [6.45, 7) is 0. The number of hydrogen-bond donors (Lipinski definition) is 2. The Morgan fingerprint density at radius 2 is 1.72 bits per heavy atom. The van der Waals surface area contributed by atoms with E-state index in [1.807, 2.05) is 0 Å². The van der Waals surface area contributed by atoms with Crippen LogP contribution in [0.2, 0.25) is 10.0 Å². The lowest BCUT2D eigenvalue weighted by Crippen LogP contribution is -2.15. The van der Waals surface area contributed by atoms with Crippen LogP contribution in [0.15, 0.2) is 59.8 Å². The molecule has 1 heterocycles. The highest BCUT2D eigenvalue weighted by molar-refractivity contribution is 7.92. The van der Waals surface area contributed by atoms with Crippen molar-refractivity contribution in [1.82, 2.24) is 9.97 Å². The molecule has 1 amide bonds. The van der Waals surface area contributed by atoms with Crippen LogP contribution in [0.3, 0.4) is 0 Å². The SMILES string of the molecule is COc1nccnc1NS(=O)(=O)c1ccc(NC(=O)c2ccc(Cl)cc2Cl)cc1. The highest BCUT2D eigenvalue weighted by Gasteiger charge is 2.18. The monoisotopic (exact) mass is 452 g/mol. The number of carbonyl (C=O) groups is 1. The van der Waals surface area contributed by atoms with Gasteiger partial charge in [-0.15, -0.1) is 0 Å². The summed E-state index contributed by atoms with van der Waals surface area (Å²) in [5.74, 6) is -0.450. The van der Waals surface area contributed by atoms with Crippen molar-refractivity contribution in [2.75, 3.05) is 17.1 Å². The lowest BCUT2D eigenvalue weighted by Gasteiger charge is -2.11. The van der Waals surface area contributed by atoms with Crippen LogP contribution in [0, 0.1) is 0 Å². The van der Waals surface area contributed by atoms with E-state index in [9.17, 15) is 13.2 Å². The van der Waals surface area contributed by atoms with E-state index in [0.717, 1.165) is 0 Å². The fourth-order valence-electron chi connectivity index (χ4n) is 2.32. The number of halogens is 2. The lowest BCUT2D eigenvalue weighted by atomic mass is 10.2. The molecular weight excluding hydrogens is 439 g/mol. The summed E-state index contributed by atoms with van der Waals surface area (Å²) in [6, 6.07) is 10.1. The summed E-state index contributed by atoms with van der Waals surface area (Å²) in [7, 11) is -2.58. The molecule has 8 nitrogen and oxygen atoms in total. The van der Waals surface area contributed by atoms with Gasteiger partial charge < -0.3 is 10.1 Å². The fraction of sp³-hybridized carbons (Fsp3) is 0.0556. The van der Waals surface area contributed by atoms with Crippen molar-refractivity contribution in [1.29, 1.82) is 0 Å². The number of anilines is 2. The molecule has 2 aromatic carbocycles. The third-order valence-electron chi connectivity index (χ3n) is 3.69. The Balaban J connectivity index is 1.76. The Morgan fingerprint density at radius 3 is 2.38 bits per heavy atom. The number of rotatable bonds is 6. The smallest absolute Gasteiger partial charge is 0.263 e. The molecule has 2 N–H and O–H groups in total. The molecular formula is C18H14Cl2N4O4S. The fourth-order valence-corrected chi connectivity index (χ4v) is 3.82. The number of amides is 1. The zero-order chi connectivity index (χ0) is 21.0. The Hall–Kier alpha value is -2.88. The number of benzene rings is 2. The van der Waals surface area contributed by atoms with E-state index >= 15 is 0 Å². The van der Waals surface area contributed by atoms with E-state index in [0.29, 0.717) is 10.7 Å². The number of nitrogens with zero attached hydrogens (tertiary/aromatic N) is 2. The van der Waals surface area contributed by atoms with Crippen LogP contribution in [0.25, 0.3) is 0 Å². The van der Waals surface area contributed by atoms with Crippen LogP contribution < -0.4 is 14.8 Å². The van der Waals surface area contributed by atoms with Crippen LogP contribution in [-0.2, 0) is 10.0 Å². The number of methoxy groups -OCH3 is 1. The second-order valence-corrected chi connectivity index (χ2v) is 8.15. The summed E-state index contributed by atoms with van der Waals surface area (Å²) in [5, 5.41) is 3.26. The number of carbonyl (C=O) groups excluding carboxylic acids is 1.